The Hall–Kier alpha value is -3.16. The number of anilines is 1. The summed E-state index contributed by atoms with van der Waals surface area (Å²) in [7, 11) is 3.73. The van der Waals surface area contributed by atoms with Gasteiger partial charge in [0.15, 0.2) is 5.13 Å². The maximum atomic E-state index is 12.0. The lowest BCUT2D eigenvalue weighted by molar-refractivity contribution is -0.116. The lowest BCUT2D eigenvalue weighted by atomic mass is 10.0. The third kappa shape index (κ3) is 4.53. The number of nitrogens with zero attached hydrogens (tertiary/aromatic N) is 4. The van der Waals surface area contributed by atoms with Gasteiger partial charge in [-0.25, -0.2) is 4.98 Å². The zero-order chi connectivity index (χ0) is 21.1. The number of hydrogen-bond acceptors (Lipinski definition) is 6. The first-order chi connectivity index (χ1) is 14.5. The van der Waals surface area contributed by atoms with E-state index in [0.29, 0.717) is 18.2 Å². The molecule has 0 spiro atoms. The van der Waals surface area contributed by atoms with Gasteiger partial charge in [-0.2, -0.15) is 0 Å². The van der Waals surface area contributed by atoms with Crippen molar-refractivity contribution >= 4 is 34.2 Å². The molecular weight excluding hydrogens is 394 g/mol. The predicted molar refractivity (Wildman–Crippen MR) is 123 cm³/mol. The molecule has 0 saturated carbocycles. The van der Waals surface area contributed by atoms with E-state index in [1.54, 1.807) is 6.20 Å². The van der Waals surface area contributed by atoms with Crippen LogP contribution in [0.25, 0.3) is 16.5 Å². The zero-order valence-electron chi connectivity index (χ0n) is 17.2. The number of amides is 1. The molecule has 0 aliphatic carbocycles. The summed E-state index contributed by atoms with van der Waals surface area (Å²) in [6, 6.07) is 12.2. The summed E-state index contributed by atoms with van der Waals surface area (Å²) in [5.74, 6) is -0.0630. The van der Waals surface area contributed by atoms with E-state index in [-0.39, 0.29) is 5.91 Å². The van der Waals surface area contributed by atoms with Crippen molar-refractivity contribution in [3.05, 3.63) is 71.2 Å². The molecule has 6 nitrogen and oxygen atoms in total. The quantitative estimate of drug-likeness (QED) is 0.657. The zero-order valence-corrected chi connectivity index (χ0v) is 18.0. The molecule has 1 N–H and O–H groups in total. The molecule has 152 valence electrons. The Labute approximate surface area is 180 Å². The third-order valence-corrected chi connectivity index (χ3v) is 5.79. The summed E-state index contributed by atoms with van der Waals surface area (Å²) in [6.07, 6.45) is 5.78. The Morgan fingerprint density at radius 1 is 1.23 bits per heavy atom. The van der Waals surface area contributed by atoms with Crippen LogP contribution in [0.3, 0.4) is 0 Å². The van der Waals surface area contributed by atoms with Crippen molar-refractivity contribution in [1.82, 2.24) is 14.9 Å². The number of rotatable bonds is 6. The number of likely N-dealkylation sites (N-methyl/N-ethyl adjacent to an activating group) is 1. The fourth-order valence-corrected chi connectivity index (χ4v) is 4.30. The number of thiazole rings is 1. The first kappa shape index (κ1) is 20.1. The fourth-order valence-electron chi connectivity index (χ4n) is 3.32. The first-order valence-corrected chi connectivity index (χ1v) is 10.5. The summed E-state index contributed by atoms with van der Waals surface area (Å²) in [5, 5.41) is 3.51. The largest absolute Gasteiger partial charge is 0.301 e. The number of aryl methyl sites for hydroxylation is 1. The van der Waals surface area contributed by atoms with E-state index in [1.165, 1.54) is 16.9 Å². The monoisotopic (exact) mass is 417 g/mol. The SMILES string of the molecule is Cc1nc(NC(=O)CN(C)C)sc1-c1ccc2c(c1)CN=C2/C=C/c1ccccn1. The van der Waals surface area contributed by atoms with Gasteiger partial charge in [0, 0.05) is 11.8 Å². The standard InChI is InChI=1S/C23H23N5OS/c1-15-22(30-23(26-15)27-21(29)14-28(2)3)16-7-9-19-17(12-16)13-25-20(19)10-8-18-6-4-5-11-24-18/h4-12H,13-14H2,1-3H3,(H,26,27,29)/b10-8+. The summed E-state index contributed by atoms with van der Waals surface area (Å²) in [6.45, 7) is 2.96. The highest BCUT2D eigenvalue weighted by Gasteiger charge is 2.17. The molecule has 0 bridgehead atoms. The van der Waals surface area contributed by atoms with E-state index in [0.717, 1.165) is 33.1 Å². The van der Waals surface area contributed by atoms with Crippen molar-refractivity contribution < 1.29 is 4.79 Å². The maximum absolute atomic E-state index is 12.0. The minimum absolute atomic E-state index is 0.0630. The van der Waals surface area contributed by atoms with Gasteiger partial charge in [0.05, 0.1) is 35.1 Å². The predicted octanol–water partition coefficient (Wildman–Crippen LogP) is 4.03. The molecule has 0 unspecified atom stereocenters. The lowest BCUT2D eigenvalue weighted by Crippen LogP contribution is -2.26. The van der Waals surface area contributed by atoms with Gasteiger partial charge < -0.3 is 10.2 Å². The van der Waals surface area contributed by atoms with E-state index in [1.807, 2.05) is 56.3 Å². The molecule has 30 heavy (non-hydrogen) atoms. The molecule has 0 radical (unpaired) electrons. The van der Waals surface area contributed by atoms with Gasteiger partial charge >= 0.3 is 0 Å². The molecule has 1 aliphatic rings. The molecule has 3 heterocycles. The Bertz CT molecular complexity index is 1130. The Balaban J connectivity index is 1.52. The molecule has 3 aromatic rings. The average Bonchev–Trinajstić information content (AvgIpc) is 3.29. The van der Waals surface area contributed by atoms with Gasteiger partial charge in [-0.05, 0) is 62.5 Å². The van der Waals surface area contributed by atoms with E-state index in [4.69, 9.17) is 0 Å². The van der Waals surface area contributed by atoms with Crippen LogP contribution in [-0.2, 0) is 11.3 Å². The van der Waals surface area contributed by atoms with Crippen molar-refractivity contribution in [1.29, 1.82) is 0 Å². The number of carbonyl (C=O) groups is 1. The highest BCUT2D eigenvalue weighted by atomic mass is 32.1. The molecule has 1 aromatic carbocycles. The minimum atomic E-state index is -0.0630. The van der Waals surface area contributed by atoms with Crippen molar-refractivity contribution in [2.45, 2.75) is 13.5 Å². The van der Waals surface area contributed by atoms with Crippen LogP contribution >= 0.6 is 11.3 Å². The van der Waals surface area contributed by atoms with Crippen molar-refractivity contribution in [3.63, 3.8) is 0 Å². The van der Waals surface area contributed by atoms with Crippen molar-refractivity contribution in [2.75, 3.05) is 26.0 Å². The van der Waals surface area contributed by atoms with Crippen LogP contribution < -0.4 is 5.32 Å². The van der Waals surface area contributed by atoms with E-state index >= 15 is 0 Å². The Kier molecular flexibility index (Phi) is 5.83. The van der Waals surface area contributed by atoms with Crippen LogP contribution in [0.4, 0.5) is 5.13 Å². The molecule has 4 rings (SSSR count). The molecule has 2 aromatic heterocycles. The molecule has 0 saturated heterocycles. The minimum Gasteiger partial charge on any atom is -0.301 e. The van der Waals surface area contributed by atoms with Crippen LogP contribution in [0.5, 0.6) is 0 Å². The van der Waals surface area contributed by atoms with Gasteiger partial charge in [0.25, 0.3) is 0 Å². The van der Waals surface area contributed by atoms with Gasteiger partial charge in [-0.1, -0.05) is 29.5 Å². The van der Waals surface area contributed by atoms with Crippen LogP contribution in [0.1, 0.15) is 22.5 Å². The molecule has 7 heteroatoms. The highest BCUT2D eigenvalue weighted by molar-refractivity contribution is 7.19. The maximum Gasteiger partial charge on any atom is 0.240 e. The molecule has 0 fully saturated rings. The number of benzene rings is 1. The van der Waals surface area contributed by atoms with Crippen molar-refractivity contribution in [2.24, 2.45) is 4.99 Å². The van der Waals surface area contributed by atoms with Crippen molar-refractivity contribution in [3.8, 4) is 10.4 Å². The van der Waals surface area contributed by atoms with Crippen LogP contribution in [0.15, 0.2) is 53.7 Å². The number of fused-ring (bicyclic) bond motifs is 1. The summed E-state index contributed by atoms with van der Waals surface area (Å²) in [5.41, 5.74) is 6.23. The highest BCUT2D eigenvalue weighted by Crippen LogP contribution is 2.35. The van der Waals surface area contributed by atoms with E-state index < -0.39 is 0 Å². The van der Waals surface area contributed by atoms with Gasteiger partial charge in [-0.3, -0.25) is 14.8 Å². The van der Waals surface area contributed by atoms with Gasteiger partial charge in [0.1, 0.15) is 0 Å². The summed E-state index contributed by atoms with van der Waals surface area (Å²) in [4.78, 5) is 28.4. The first-order valence-electron chi connectivity index (χ1n) is 9.69. The molecule has 1 aliphatic heterocycles. The second-order valence-electron chi connectivity index (χ2n) is 7.38. The molecule has 1 amide bonds. The number of aromatic nitrogens is 2. The Morgan fingerprint density at radius 2 is 2.10 bits per heavy atom. The number of carbonyl (C=O) groups excluding carboxylic acids is 1. The van der Waals surface area contributed by atoms with Crippen LogP contribution in [0.2, 0.25) is 0 Å². The van der Waals surface area contributed by atoms with Gasteiger partial charge in [-0.15, -0.1) is 0 Å². The second-order valence-corrected chi connectivity index (χ2v) is 8.38. The summed E-state index contributed by atoms with van der Waals surface area (Å²) >= 11 is 1.50. The molecule has 0 atom stereocenters. The smallest absolute Gasteiger partial charge is 0.240 e. The number of allylic oxidation sites excluding steroid dienone is 1. The number of pyridine rings is 1. The van der Waals surface area contributed by atoms with Crippen LogP contribution in [-0.4, -0.2) is 47.1 Å². The van der Waals surface area contributed by atoms with Gasteiger partial charge in [0.2, 0.25) is 5.91 Å². The number of hydrogen-bond donors (Lipinski definition) is 1. The Morgan fingerprint density at radius 3 is 2.87 bits per heavy atom. The molecular formula is C23H23N5OS. The normalized spacial score (nSPS) is 13.0. The summed E-state index contributed by atoms with van der Waals surface area (Å²) < 4.78 is 0. The second kappa shape index (κ2) is 8.69. The average molecular weight is 418 g/mol. The topological polar surface area (TPSA) is 70.5 Å². The van der Waals surface area contributed by atoms with Crippen LogP contribution in [0, 0.1) is 6.92 Å². The fraction of sp³-hybridized carbons (Fsp3) is 0.217. The lowest BCUT2D eigenvalue weighted by Gasteiger charge is -2.07. The number of aliphatic imine (C=N–C) groups is 1. The van der Waals surface area contributed by atoms with E-state index in [9.17, 15) is 4.79 Å². The number of nitrogens with one attached hydrogen (secondary N) is 1. The third-order valence-electron chi connectivity index (χ3n) is 4.67. The van der Waals surface area contributed by atoms with E-state index in [2.05, 4.69) is 38.5 Å².